The maximum atomic E-state index is 13.2. The minimum Gasteiger partial charge on any atom is -0.395 e. The quantitative estimate of drug-likeness (QED) is 0.106. The lowest BCUT2D eigenvalue weighted by atomic mass is 9.91. The number of ketones is 1. The third kappa shape index (κ3) is 7.54. The zero-order chi connectivity index (χ0) is 30.2. The number of aromatic nitrogens is 2. The Hall–Kier alpha value is -3.32. The summed E-state index contributed by atoms with van der Waals surface area (Å²) in [6, 6.07) is 11.8. The average molecular weight is 608 g/mol. The van der Waals surface area contributed by atoms with Gasteiger partial charge in [0.05, 0.1) is 24.6 Å². The molecule has 0 spiro atoms. The monoisotopic (exact) mass is 607 g/mol. The summed E-state index contributed by atoms with van der Waals surface area (Å²) >= 11 is 2.74. The van der Waals surface area contributed by atoms with Crippen LogP contribution in [0.2, 0.25) is 0 Å². The number of hydrogen-bond donors (Lipinski definition) is 5. The largest absolute Gasteiger partial charge is 0.395 e. The van der Waals surface area contributed by atoms with E-state index in [0.29, 0.717) is 41.9 Å². The first-order chi connectivity index (χ1) is 20.2. The molecule has 0 fully saturated rings. The number of aryl methyl sites for hydroxylation is 2. The summed E-state index contributed by atoms with van der Waals surface area (Å²) in [5.41, 5.74) is 7.16. The number of anilines is 1. The van der Waals surface area contributed by atoms with Gasteiger partial charge in [-0.2, -0.15) is 0 Å². The number of carbonyl (C=O) groups is 2. The summed E-state index contributed by atoms with van der Waals surface area (Å²) in [6.07, 6.45) is 0.241. The van der Waals surface area contributed by atoms with Crippen LogP contribution in [0.5, 0.6) is 0 Å². The summed E-state index contributed by atoms with van der Waals surface area (Å²) in [7, 11) is 0. The first-order valence-corrected chi connectivity index (χ1v) is 15.5. The highest BCUT2D eigenvalue weighted by Crippen LogP contribution is 2.33. The molecule has 42 heavy (non-hydrogen) atoms. The van der Waals surface area contributed by atoms with E-state index in [1.807, 2.05) is 64.1 Å². The van der Waals surface area contributed by atoms with Crippen LogP contribution in [-0.2, 0) is 19.5 Å². The maximum absolute atomic E-state index is 13.2. The number of benzene rings is 2. The lowest BCUT2D eigenvalue weighted by Crippen LogP contribution is -2.17. The topological polar surface area (TPSA) is 136 Å². The van der Waals surface area contributed by atoms with Crippen molar-refractivity contribution in [1.29, 1.82) is 0 Å². The Bertz CT molecular complexity index is 1450. The SMILES string of the molecule is Cc1nc(C(=O)Cc2cccc(-c3cccc(NC(=O)c4nc(C)c(CNCCO)s4)c3C)c2C)sc1CNCCO. The summed E-state index contributed by atoms with van der Waals surface area (Å²) < 4.78 is 0. The molecule has 222 valence electrons. The van der Waals surface area contributed by atoms with E-state index in [1.54, 1.807) is 0 Å². The van der Waals surface area contributed by atoms with Crippen molar-refractivity contribution in [3.05, 3.63) is 84.2 Å². The van der Waals surface area contributed by atoms with Gasteiger partial charge in [0.25, 0.3) is 5.91 Å². The lowest BCUT2D eigenvalue weighted by molar-refractivity contribution is 0.0990. The van der Waals surface area contributed by atoms with E-state index in [4.69, 9.17) is 10.2 Å². The third-order valence-electron chi connectivity index (χ3n) is 7.04. The molecule has 4 rings (SSSR count). The second-order valence-electron chi connectivity index (χ2n) is 9.98. The summed E-state index contributed by atoms with van der Waals surface area (Å²) in [5, 5.41) is 28.2. The smallest absolute Gasteiger partial charge is 0.284 e. The van der Waals surface area contributed by atoms with Crippen molar-refractivity contribution in [3.63, 3.8) is 0 Å². The van der Waals surface area contributed by atoms with Crippen molar-refractivity contribution >= 4 is 40.1 Å². The van der Waals surface area contributed by atoms with Gasteiger partial charge < -0.3 is 26.2 Å². The molecule has 0 atom stereocenters. The Labute approximate surface area is 254 Å². The van der Waals surface area contributed by atoms with Gasteiger partial charge in [0, 0.05) is 48.0 Å². The molecule has 9 nitrogen and oxygen atoms in total. The van der Waals surface area contributed by atoms with E-state index in [0.717, 1.165) is 49.0 Å². The molecular formula is C31H37N5O4S2. The van der Waals surface area contributed by atoms with Crippen molar-refractivity contribution in [3.8, 4) is 11.1 Å². The zero-order valence-electron chi connectivity index (χ0n) is 24.3. The predicted octanol–water partition coefficient (Wildman–Crippen LogP) is 4.34. The average Bonchev–Trinajstić information content (AvgIpc) is 3.53. The van der Waals surface area contributed by atoms with Gasteiger partial charge in [-0.25, -0.2) is 9.97 Å². The molecule has 5 N–H and O–H groups in total. The standard InChI is InChI=1S/C31H37N5O4S2/c1-18-22(15-26(39)30-34-20(3)27(41-30)16-32-11-13-37)7-5-8-23(18)24-9-6-10-25(19(24)2)36-29(40)31-35-21(4)28(42-31)17-33-12-14-38/h5-10,32-33,37-38H,11-17H2,1-4H3,(H,36,40). The van der Waals surface area contributed by atoms with Crippen molar-refractivity contribution in [1.82, 2.24) is 20.6 Å². The minimum absolute atomic E-state index is 0.0286. The van der Waals surface area contributed by atoms with Crippen LogP contribution in [0.25, 0.3) is 11.1 Å². The number of rotatable bonds is 14. The van der Waals surface area contributed by atoms with Crippen molar-refractivity contribution in [2.45, 2.75) is 47.2 Å². The van der Waals surface area contributed by atoms with Crippen LogP contribution in [0.1, 0.15) is 57.4 Å². The highest BCUT2D eigenvalue weighted by atomic mass is 32.1. The number of nitrogens with one attached hydrogen (secondary N) is 3. The van der Waals surface area contributed by atoms with Crippen molar-refractivity contribution < 1.29 is 19.8 Å². The molecular weight excluding hydrogens is 571 g/mol. The van der Waals surface area contributed by atoms with Gasteiger partial charge in [0.15, 0.2) is 15.8 Å². The van der Waals surface area contributed by atoms with Gasteiger partial charge >= 0.3 is 0 Å². The van der Waals surface area contributed by atoms with Crippen LogP contribution >= 0.6 is 22.7 Å². The third-order valence-corrected chi connectivity index (χ3v) is 9.39. The van der Waals surface area contributed by atoms with Crippen LogP contribution in [-0.4, -0.2) is 58.2 Å². The molecule has 0 aliphatic carbocycles. The van der Waals surface area contributed by atoms with Crippen LogP contribution in [0.3, 0.4) is 0 Å². The first kappa shape index (κ1) is 31.6. The number of aliphatic hydroxyl groups is 2. The van der Waals surface area contributed by atoms with Crippen molar-refractivity contribution in [2.24, 2.45) is 0 Å². The van der Waals surface area contributed by atoms with Crippen LogP contribution < -0.4 is 16.0 Å². The highest BCUT2D eigenvalue weighted by molar-refractivity contribution is 7.14. The molecule has 2 heterocycles. The summed E-state index contributed by atoms with van der Waals surface area (Å²) in [4.78, 5) is 37.2. The minimum atomic E-state index is -0.266. The fraction of sp³-hybridized carbons (Fsp3) is 0.355. The van der Waals surface area contributed by atoms with Gasteiger partial charge in [-0.15, -0.1) is 22.7 Å². The van der Waals surface area contributed by atoms with E-state index < -0.39 is 0 Å². The highest BCUT2D eigenvalue weighted by Gasteiger charge is 2.19. The van der Waals surface area contributed by atoms with E-state index in [1.165, 1.54) is 22.7 Å². The van der Waals surface area contributed by atoms with E-state index >= 15 is 0 Å². The molecule has 4 aromatic rings. The fourth-order valence-electron chi connectivity index (χ4n) is 4.62. The Morgan fingerprint density at radius 2 is 1.31 bits per heavy atom. The number of nitrogens with zero attached hydrogens (tertiary/aromatic N) is 2. The Kier molecular flexibility index (Phi) is 11.1. The van der Waals surface area contributed by atoms with Gasteiger partial charge in [-0.05, 0) is 61.6 Å². The second-order valence-corrected chi connectivity index (χ2v) is 12.1. The van der Waals surface area contributed by atoms with Crippen LogP contribution in [0, 0.1) is 27.7 Å². The molecule has 0 saturated heterocycles. The van der Waals surface area contributed by atoms with Gasteiger partial charge in [0.2, 0.25) is 0 Å². The Morgan fingerprint density at radius 1 is 0.762 bits per heavy atom. The normalized spacial score (nSPS) is 11.2. The van der Waals surface area contributed by atoms with E-state index in [9.17, 15) is 9.59 Å². The molecule has 2 aromatic heterocycles. The number of aliphatic hydroxyl groups excluding tert-OH is 2. The van der Waals surface area contributed by atoms with Crippen LogP contribution in [0.4, 0.5) is 5.69 Å². The van der Waals surface area contributed by atoms with Crippen molar-refractivity contribution in [2.75, 3.05) is 31.6 Å². The molecule has 1 amide bonds. The summed E-state index contributed by atoms with van der Waals surface area (Å²) in [5.74, 6) is -0.295. The molecule has 0 radical (unpaired) electrons. The van der Waals surface area contributed by atoms with Gasteiger partial charge in [-0.3, -0.25) is 9.59 Å². The molecule has 0 aliphatic heterocycles. The summed E-state index contributed by atoms with van der Waals surface area (Å²) in [6.45, 7) is 9.98. The fourth-order valence-corrected chi connectivity index (χ4v) is 6.51. The number of carbonyl (C=O) groups excluding carboxylic acids is 2. The number of hydrogen-bond acceptors (Lipinski definition) is 10. The molecule has 11 heteroatoms. The Balaban J connectivity index is 1.51. The van der Waals surface area contributed by atoms with Gasteiger partial charge in [0.1, 0.15) is 0 Å². The number of amides is 1. The number of thiazole rings is 2. The Morgan fingerprint density at radius 3 is 1.93 bits per heavy atom. The van der Waals surface area contributed by atoms with Crippen LogP contribution in [0.15, 0.2) is 36.4 Å². The molecule has 0 unspecified atom stereocenters. The zero-order valence-corrected chi connectivity index (χ0v) is 26.0. The molecule has 2 aromatic carbocycles. The van der Waals surface area contributed by atoms with E-state index in [-0.39, 0.29) is 31.3 Å². The molecule has 0 aliphatic rings. The molecule has 0 bridgehead atoms. The lowest BCUT2D eigenvalue weighted by Gasteiger charge is -2.16. The van der Waals surface area contributed by atoms with E-state index in [2.05, 4.69) is 25.9 Å². The number of Topliss-reactive ketones (excluding diaryl/α,β-unsaturated/α-hetero) is 1. The maximum Gasteiger partial charge on any atom is 0.284 e. The molecule has 0 saturated carbocycles. The second kappa shape index (κ2) is 14.7. The first-order valence-electron chi connectivity index (χ1n) is 13.8. The predicted molar refractivity (Wildman–Crippen MR) is 169 cm³/mol. The van der Waals surface area contributed by atoms with Gasteiger partial charge in [-0.1, -0.05) is 30.3 Å².